The van der Waals surface area contributed by atoms with Gasteiger partial charge in [0.1, 0.15) is 11.5 Å². The fourth-order valence-corrected chi connectivity index (χ4v) is 2.92. The zero-order valence-corrected chi connectivity index (χ0v) is 18.9. The Morgan fingerprint density at radius 3 is 2.26 bits per heavy atom. The molecule has 0 unspecified atom stereocenters. The molecule has 0 bridgehead atoms. The van der Waals surface area contributed by atoms with Crippen LogP contribution in [0.5, 0.6) is 11.5 Å². The van der Waals surface area contributed by atoms with Crippen molar-refractivity contribution in [2.75, 3.05) is 13.2 Å². The second kappa shape index (κ2) is 12.5. The topological polar surface area (TPSA) is 88.7 Å². The molecule has 166 valence electrons. The Labute approximate surface area is 188 Å². The lowest BCUT2D eigenvalue weighted by atomic mass is 10.1. The van der Waals surface area contributed by atoms with E-state index >= 15 is 0 Å². The van der Waals surface area contributed by atoms with E-state index in [0.29, 0.717) is 23.7 Å². The van der Waals surface area contributed by atoms with Gasteiger partial charge in [0.25, 0.3) is 11.8 Å². The van der Waals surface area contributed by atoms with Gasteiger partial charge in [-0.05, 0) is 67.9 Å². The lowest BCUT2D eigenvalue weighted by Gasteiger charge is -2.13. The van der Waals surface area contributed by atoms with Gasteiger partial charge in [0.2, 0.25) is 0 Å². The van der Waals surface area contributed by atoms with Crippen LogP contribution in [0.25, 0.3) is 0 Å². The van der Waals surface area contributed by atoms with Crippen molar-refractivity contribution in [1.82, 2.24) is 16.2 Å². The van der Waals surface area contributed by atoms with Crippen LogP contribution in [0, 0.1) is 13.8 Å². The Morgan fingerprint density at radius 2 is 1.61 bits per heavy atom. The van der Waals surface area contributed by atoms with E-state index in [1.54, 1.807) is 24.3 Å². The van der Waals surface area contributed by atoms with Gasteiger partial charge in [-0.1, -0.05) is 38.0 Å². The summed E-state index contributed by atoms with van der Waals surface area (Å²) in [6.07, 6.45) is 3.26. The average molecular weight is 444 g/mol. The van der Waals surface area contributed by atoms with Gasteiger partial charge in [-0.3, -0.25) is 25.8 Å². The van der Waals surface area contributed by atoms with E-state index in [1.807, 2.05) is 32.0 Å². The van der Waals surface area contributed by atoms with Gasteiger partial charge in [-0.2, -0.15) is 0 Å². The van der Waals surface area contributed by atoms with E-state index in [1.165, 1.54) is 0 Å². The molecule has 0 heterocycles. The summed E-state index contributed by atoms with van der Waals surface area (Å²) in [5.41, 5.74) is 7.21. The molecule has 31 heavy (non-hydrogen) atoms. The quantitative estimate of drug-likeness (QED) is 0.312. The zero-order chi connectivity index (χ0) is 22.6. The van der Waals surface area contributed by atoms with Crippen LogP contribution in [-0.2, 0) is 4.79 Å². The highest BCUT2D eigenvalue weighted by Crippen LogP contribution is 2.22. The third kappa shape index (κ3) is 8.25. The number of unbranched alkanes of at least 4 members (excludes halogenated alkanes) is 2. The number of carbonyl (C=O) groups excluding carboxylic acids is 2. The third-order valence-corrected chi connectivity index (χ3v) is 4.64. The van der Waals surface area contributed by atoms with E-state index < -0.39 is 11.8 Å². The molecule has 0 atom stereocenters. The normalized spacial score (nSPS) is 10.2. The standard InChI is InChI=1S/C23H29N3O4S/c1-4-5-6-14-29-19-12-10-18(11-13-19)22(28)24-23(31)26-25-20(27)15-30-21-16(2)8-7-9-17(21)3/h7-13H,4-6,14-15H2,1-3H3,(H,25,27)(H2,24,26,28,31). The van der Waals surface area contributed by atoms with Crippen LogP contribution in [0.2, 0.25) is 0 Å². The van der Waals surface area contributed by atoms with Crippen LogP contribution < -0.4 is 25.6 Å². The summed E-state index contributed by atoms with van der Waals surface area (Å²) in [6, 6.07) is 12.5. The highest BCUT2D eigenvalue weighted by atomic mass is 32.1. The van der Waals surface area contributed by atoms with Crippen molar-refractivity contribution in [3.05, 3.63) is 59.2 Å². The van der Waals surface area contributed by atoms with E-state index in [4.69, 9.17) is 21.7 Å². The Balaban J connectivity index is 1.72. The third-order valence-electron chi connectivity index (χ3n) is 4.43. The first kappa shape index (κ1) is 24.1. The van der Waals surface area contributed by atoms with Crippen molar-refractivity contribution >= 4 is 29.1 Å². The number of hydrogen-bond donors (Lipinski definition) is 3. The number of thiocarbonyl (C=S) groups is 1. The van der Waals surface area contributed by atoms with Crippen LogP contribution in [0.3, 0.4) is 0 Å². The van der Waals surface area contributed by atoms with Crippen molar-refractivity contribution in [2.24, 2.45) is 0 Å². The molecular weight excluding hydrogens is 414 g/mol. The highest BCUT2D eigenvalue weighted by Gasteiger charge is 2.10. The van der Waals surface area contributed by atoms with Gasteiger partial charge in [-0.15, -0.1) is 0 Å². The summed E-state index contributed by atoms with van der Waals surface area (Å²) in [6.45, 7) is 6.43. The van der Waals surface area contributed by atoms with Gasteiger partial charge in [0, 0.05) is 5.56 Å². The summed E-state index contributed by atoms with van der Waals surface area (Å²) in [5.74, 6) is 0.565. The number of para-hydroxylation sites is 1. The maximum atomic E-state index is 12.3. The fraction of sp³-hybridized carbons (Fsp3) is 0.348. The fourth-order valence-electron chi connectivity index (χ4n) is 2.78. The summed E-state index contributed by atoms with van der Waals surface area (Å²) >= 11 is 5.05. The molecule has 7 nitrogen and oxygen atoms in total. The SMILES string of the molecule is CCCCCOc1ccc(C(=O)NC(=S)NNC(=O)COc2c(C)cccc2C)cc1. The summed E-state index contributed by atoms with van der Waals surface area (Å²) < 4.78 is 11.2. The predicted molar refractivity (Wildman–Crippen MR) is 124 cm³/mol. The Bertz CT molecular complexity index is 880. The monoisotopic (exact) mass is 443 g/mol. The van der Waals surface area contributed by atoms with Crippen LogP contribution in [0.1, 0.15) is 47.7 Å². The Hall–Kier alpha value is -3.13. The minimum atomic E-state index is -0.427. The molecule has 0 spiro atoms. The van der Waals surface area contributed by atoms with Crippen molar-refractivity contribution in [2.45, 2.75) is 40.0 Å². The number of aryl methyl sites for hydroxylation is 2. The number of ether oxygens (including phenoxy) is 2. The number of benzene rings is 2. The summed E-state index contributed by atoms with van der Waals surface area (Å²) in [4.78, 5) is 24.3. The van der Waals surface area contributed by atoms with Crippen molar-refractivity contribution in [3.63, 3.8) is 0 Å². The second-order valence-corrected chi connectivity index (χ2v) is 7.45. The molecule has 0 aliphatic rings. The van der Waals surface area contributed by atoms with Crippen LogP contribution in [0.4, 0.5) is 0 Å². The van der Waals surface area contributed by atoms with Gasteiger partial charge in [-0.25, -0.2) is 0 Å². The minimum absolute atomic E-state index is 0.0229. The predicted octanol–water partition coefficient (Wildman–Crippen LogP) is 3.59. The van der Waals surface area contributed by atoms with E-state index in [-0.39, 0.29) is 11.7 Å². The number of amides is 2. The molecule has 2 amide bonds. The summed E-state index contributed by atoms with van der Waals surface area (Å²) in [5, 5.41) is 2.49. The van der Waals surface area contributed by atoms with Gasteiger partial charge in [0.05, 0.1) is 6.61 Å². The van der Waals surface area contributed by atoms with E-state index in [0.717, 1.165) is 30.4 Å². The molecule has 0 aliphatic carbocycles. The smallest absolute Gasteiger partial charge is 0.276 e. The number of hydrazine groups is 1. The molecule has 2 aromatic rings. The van der Waals surface area contributed by atoms with E-state index in [9.17, 15) is 9.59 Å². The maximum Gasteiger partial charge on any atom is 0.276 e. The lowest BCUT2D eigenvalue weighted by Crippen LogP contribution is -2.49. The molecule has 0 aromatic heterocycles. The molecular formula is C23H29N3O4S. The lowest BCUT2D eigenvalue weighted by molar-refractivity contribution is -0.123. The molecule has 0 saturated carbocycles. The van der Waals surface area contributed by atoms with Gasteiger partial charge < -0.3 is 9.47 Å². The van der Waals surface area contributed by atoms with E-state index in [2.05, 4.69) is 23.1 Å². The maximum absolute atomic E-state index is 12.3. The van der Waals surface area contributed by atoms with Gasteiger partial charge >= 0.3 is 0 Å². The van der Waals surface area contributed by atoms with Crippen LogP contribution >= 0.6 is 12.2 Å². The van der Waals surface area contributed by atoms with Crippen molar-refractivity contribution < 1.29 is 19.1 Å². The molecule has 2 rings (SSSR count). The number of rotatable bonds is 9. The van der Waals surface area contributed by atoms with Gasteiger partial charge in [0.15, 0.2) is 11.7 Å². The molecule has 0 saturated heterocycles. The number of nitrogens with one attached hydrogen (secondary N) is 3. The van der Waals surface area contributed by atoms with Crippen molar-refractivity contribution in [3.8, 4) is 11.5 Å². The Kier molecular flexibility index (Phi) is 9.77. The van der Waals surface area contributed by atoms with Crippen LogP contribution in [-0.4, -0.2) is 30.1 Å². The second-order valence-electron chi connectivity index (χ2n) is 7.05. The number of hydrogen-bond acceptors (Lipinski definition) is 5. The summed E-state index contributed by atoms with van der Waals surface area (Å²) in [7, 11) is 0. The minimum Gasteiger partial charge on any atom is -0.494 e. The van der Waals surface area contributed by atoms with Crippen molar-refractivity contribution in [1.29, 1.82) is 0 Å². The molecule has 0 fully saturated rings. The number of carbonyl (C=O) groups is 2. The average Bonchev–Trinajstić information content (AvgIpc) is 2.75. The molecule has 2 aromatic carbocycles. The van der Waals surface area contributed by atoms with Crippen LogP contribution in [0.15, 0.2) is 42.5 Å². The highest BCUT2D eigenvalue weighted by molar-refractivity contribution is 7.80. The molecule has 8 heteroatoms. The zero-order valence-electron chi connectivity index (χ0n) is 18.1. The first-order chi connectivity index (χ1) is 14.9. The molecule has 3 N–H and O–H groups in total. The first-order valence-electron chi connectivity index (χ1n) is 10.2. The Morgan fingerprint density at radius 1 is 0.935 bits per heavy atom. The molecule has 0 radical (unpaired) electrons. The first-order valence-corrected chi connectivity index (χ1v) is 10.6. The molecule has 0 aliphatic heterocycles. The largest absolute Gasteiger partial charge is 0.494 e.